The Kier molecular flexibility index (Phi) is 5.08. The number of rotatable bonds is 4. The third-order valence-corrected chi connectivity index (χ3v) is 6.21. The van der Waals surface area contributed by atoms with Gasteiger partial charge in [0.1, 0.15) is 17.1 Å². The maximum atomic E-state index is 10.4. The largest absolute Gasteiger partial charge is 0.507 e. The first-order valence-corrected chi connectivity index (χ1v) is 11.4. The molecule has 3 aromatic heterocycles. The summed E-state index contributed by atoms with van der Waals surface area (Å²) in [6.45, 7) is 0. The summed E-state index contributed by atoms with van der Waals surface area (Å²) < 4.78 is 1.93. The van der Waals surface area contributed by atoms with Gasteiger partial charge in [-0.05, 0) is 65.2 Å². The van der Waals surface area contributed by atoms with Crippen molar-refractivity contribution < 1.29 is 5.11 Å². The number of hydrogen-bond donors (Lipinski definition) is 1. The van der Waals surface area contributed by atoms with Gasteiger partial charge >= 0.3 is 0 Å². The average Bonchev–Trinajstić information content (AvgIpc) is 3.26. The van der Waals surface area contributed by atoms with Crippen molar-refractivity contribution in [1.82, 2.24) is 19.5 Å². The van der Waals surface area contributed by atoms with Crippen molar-refractivity contribution in [1.29, 1.82) is 0 Å². The number of aromatic nitrogens is 4. The molecule has 0 aliphatic heterocycles. The van der Waals surface area contributed by atoms with Gasteiger partial charge in [0, 0.05) is 30.6 Å². The predicted octanol–water partition coefficient (Wildman–Crippen LogP) is 6.74. The van der Waals surface area contributed by atoms with Gasteiger partial charge in [-0.2, -0.15) is 0 Å². The molecule has 168 valence electrons. The number of aromatic hydroxyl groups is 1. The molecule has 0 saturated heterocycles. The highest BCUT2D eigenvalue weighted by Gasteiger charge is 2.18. The van der Waals surface area contributed by atoms with Crippen molar-refractivity contribution in [3.63, 3.8) is 0 Å². The van der Waals surface area contributed by atoms with Crippen molar-refractivity contribution in [2.45, 2.75) is 0 Å². The number of para-hydroxylation sites is 1. The smallest absolute Gasteiger partial charge is 0.160 e. The van der Waals surface area contributed by atoms with Crippen LogP contribution in [0.3, 0.4) is 0 Å². The van der Waals surface area contributed by atoms with Crippen LogP contribution in [0.15, 0.2) is 109 Å². The first kappa shape index (κ1) is 20.8. The SMILES string of the molecule is Cn1c(-c2ccccc2O)nc2c(-c3cc(-c4ccccc4)cc(-c4ccccn4)c3)ccnc21. The van der Waals surface area contributed by atoms with E-state index >= 15 is 0 Å². The summed E-state index contributed by atoms with van der Waals surface area (Å²) in [5.41, 5.74) is 8.39. The number of aryl methyl sites for hydroxylation is 1. The molecule has 5 heteroatoms. The van der Waals surface area contributed by atoms with Crippen LogP contribution in [-0.2, 0) is 7.05 Å². The second-order valence-corrected chi connectivity index (χ2v) is 8.42. The Morgan fingerprint density at radius 2 is 1.37 bits per heavy atom. The van der Waals surface area contributed by atoms with Crippen LogP contribution < -0.4 is 0 Å². The Hall–Kier alpha value is -4.77. The quantitative estimate of drug-likeness (QED) is 0.320. The molecular weight excluding hydrogens is 432 g/mol. The van der Waals surface area contributed by atoms with Crippen LogP contribution >= 0.6 is 0 Å². The second-order valence-electron chi connectivity index (χ2n) is 8.42. The molecule has 0 atom stereocenters. The van der Waals surface area contributed by atoms with E-state index in [4.69, 9.17) is 4.98 Å². The number of phenolic OH excluding ortho intramolecular Hbond substituents is 1. The fourth-order valence-electron chi connectivity index (χ4n) is 4.48. The number of nitrogens with zero attached hydrogens (tertiary/aromatic N) is 4. The van der Waals surface area contributed by atoms with Crippen LogP contribution in [0.2, 0.25) is 0 Å². The van der Waals surface area contributed by atoms with E-state index in [2.05, 4.69) is 40.3 Å². The molecule has 3 heterocycles. The molecule has 1 N–H and O–H groups in total. The normalized spacial score (nSPS) is 11.1. The predicted molar refractivity (Wildman–Crippen MR) is 140 cm³/mol. The first-order chi connectivity index (χ1) is 17.2. The van der Waals surface area contributed by atoms with Crippen LogP contribution in [0.1, 0.15) is 0 Å². The van der Waals surface area contributed by atoms with E-state index in [0.29, 0.717) is 11.4 Å². The molecule has 6 aromatic rings. The van der Waals surface area contributed by atoms with Gasteiger partial charge in [-0.25, -0.2) is 9.97 Å². The maximum absolute atomic E-state index is 10.4. The number of fused-ring (bicyclic) bond motifs is 1. The van der Waals surface area contributed by atoms with Crippen LogP contribution in [0, 0.1) is 0 Å². The Labute approximate surface area is 203 Å². The topological polar surface area (TPSA) is 63.8 Å². The minimum atomic E-state index is 0.191. The lowest BCUT2D eigenvalue weighted by molar-refractivity contribution is 0.476. The number of pyridine rings is 2. The maximum Gasteiger partial charge on any atom is 0.160 e. The van der Waals surface area contributed by atoms with E-state index in [1.165, 1.54) is 0 Å². The van der Waals surface area contributed by atoms with Gasteiger partial charge in [-0.3, -0.25) is 4.98 Å². The summed E-state index contributed by atoms with van der Waals surface area (Å²) in [5, 5.41) is 10.4. The molecule has 0 bridgehead atoms. The van der Waals surface area contributed by atoms with E-state index in [1.54, 1.807) is 12.1 Å². The summed E-state index contributed by atoms with van der Waals surface area (Å²) in [6.07, 6.45) is 3.62. The standard InChI is InChI=1S/C30H22N4O/c1-34-29(25-11-5-6-13-27(25)35)33-28-24(14-16-32-30(28)34)22-17-21(20-9-3-2-4-10-20)18-23(19-22)26-12-7-8-15-31-26/h2-19,35H,1H3. The summed E-state index contributed by atoms with van der Waals surface area (Å²) in [4.78, 5) is 14.1. The van der Waals surface area contributed by atoms with E-state index in [-0.39, 0.29) is 5.75 Å². The van der Waals surface area contributed by atoms with Gasteiger partial charge in [0.25, 0.3) is 0 Å². The molecule has 3 aromatic carbocycles. The molecule has 0 unspecified atom stereocenters. The molecule has 0 spiro atoms. The van der Waals surface area contributed by atoms with Gasteiger partial charge in [0.2, 0.25) is 0 Å². The Balaban J connectivity index is 1.59. The summed E-state index contributed by atoms with van der Waals surface area (Å²) in [5.74, 6) is 0.859. The molecule has 35 heavy (non-hydrogen) atoms. The molecule has 0 radical (unpaired) electrons. The molecule has 0 amide bonds. The second kappa shape index (κ2) is 8.54. The summed E-state index contributed by atoms with van der Waals surface area (Å²) >= 11 is 0. The third-order valence-electron chi connectivity index (χ3n) is 6.21. The Morgan fingerprint density at radius 3 is 2.17 bits per heavy atom. The molecule has 0 fully saturated rings. The first-order valence-electron chi connectivity index (χ1n) is 11.4. The van der Waals surface area contributed by atoms with E-state index in [0.717, 1.165) is 44.7 Å². The van der Waals surface area contributed by atoms with Crippen molar-refractivity contribution in [2.75, 3.05) is 0 Å². The lowest BCUT2D eigenvalue weighted by Crippen LogP contribution is -1.94. The molecule has 6 rings (SSSR count). The number of benzene rings is 3. The van der Waals surface area contributed by atoms with Crippen molar-refractivity contribution in [3.8, 4) is 50.6 Å². The van der Waals surface area contributed by atoms with Crippen LogP contribution in [0.5, 0.6) is 5.75 Å². The lowest BCUT2D eigenvalue weighted by Gasteiger charge is -2.11. The fraction of sp³-hybridized carbons (Fsp3) is 0.0333. The van der Waals surface area contributed by atoms with Crippen LogP contribution in [-0.4, -0.2) is 24.6 Å². The van der Waals surface area contributed by atoms with Crippen molar-refractivity contribution in [2.24, 2.45) is 7.05 Å². The monoisotopic (exact) mass is 454 g/mol. The van der Waals surface area contributed by atoms with E-state index in [1.807, 2.05) is 78.6 Å². The van der Waals surface area contributed by atoms with E-state index in [9.17, 15) is 5.11 Å². The van der Waals surface area contributed by atoms with Gasteiger partial charge in [0.15, 0.2) is 5.65 Å². The zero-order valence-corrected chi connectivity index (χ0v) is 19.1. The van der Waals surface area contributed by atoms with E-state index < -0.39 is 0 Å². The summed E-state index contributed by atoms with van der Waals surface area (Å²) in [6, 6.07) is 32.0. The van der Waals surface area contributed by atoms with Crippen LogP contribution in [0.4, 0.5) is 0 Å². The Morgan fingerprint density at radius 1 is 0.629 bits per heavy atom. The highest BCUT2D eigenvalue weighted by atomic mass is 16.3. The van der Waals surface area contributed by atoms with Crippen molar-refractivity contribution >= 4 is 11.2 Å². The van der Waals surface area contributed by atoms with Gasteiger partial charge in [-0.1, -0.05) is 48.5 Å². The van der Waals surface area contributed by atoms with Gasteiger partial charge in [-0.15, -0.1) is 0 Å². The van der Waals surface area contributed by atoms with Gasteiger partial charge < -0.3 is 9.67 Å². The van der Waals surface area contributed by atoms with Crippen molar-refractivity contribution in [3.05, 3.63) is 109 Å². The van der Waals surface area contributed by atoms with Crippen LogP contribution in [0.25, 0.3) is 56.1 Å². The third kappa shape index (κ3) is 3.73. The Bertz CT molecular complexity index is 1600. The molecule has 5 nitrogen and oxygen atoms in total. The lowest BCUT2D eigenvalue weighted by atomic mass is 9.95. The highest BCUT2D eigenvalue weighted by molar-refractivity contribution is 5.94. The fourth-order valence-corrected chi connectivity index (χ4v) is 4.48. The average molecular weight is 455 g/mol. The molecular formula is C30H22N4O. The zero-order valence-electron chi connectivity index (χ0n) is 19.1. The molecule has 0 aliphatic carbocycles. The molecule has 0 aliphatic rings. The minimum absolute atomic E-state index is 0.191. The number of hydrogen-bond acceptors (Lipinski definition) is 4. The number of imidazole rings is 1. The van der Waals surface area contributed by atoms with Gasteiger partial charge in [0.05, 0.1) is 11.3 Å². The molecule has 0 saturated carbocycles. The minimum Gasteiger partial charge on any atom is -0.507 e. The highest BCUT2D eigenvalue weighted by Crippen LogP contribution is 2.37. The zero-order chi connectivity index (χ0) is 23.8. The number of phenols is 1. The summed E-state index contributed by atoms with van der Waals surface area (Å²) in [7, 11) is 1.92.